The van der Waals surface area contributed by atoms with Crippen molar-refractivity contribution in [2.24, 2.45) is 5.92 Å². The van der Waals surface area contributed by atoms with E-state index in [-0.39, 0.29) is 12.4 Å². The number of piperidine rings is 2. The van der Waals surface area contributed by atoms with Gasteiger partial charge in [-0.2, -0.15) is 0 Å². The van der Waals surface area contributed by atoms with E-state index in [4.69, 9.17) is 20.9 Å². The standard InChI is InChI=1S/C16H32NO2PS.ClH/c1-3-4-7-13-18-20(2,21)19-14-15-9-8-12-17-11-6-5-10-16(15)17;/h15-16H,3-14H2,1-2H3;1H/t15-,16+,20?;/m0./s1. The van der Waals surface area contributed by atoms with Crippen molar-refractivity contribution in [3.63, 3.8) is 0 Å². The highest BCUT2D eigenvalue weighted by Crippen LogP contribution is 2.46. The molecule has 22 heavy (non-hydrogen) atoms. The molecule has 2 rings (SSSR count). The largest absolute Gasteiger partial charge is 0.329 e. The van der Waals surface area contributed by atoms with Crippen LogP contribution < -0.4 is 0 Å². The first-order chi connectivity index (χ1) is 10.1. The molecule has 0 aromatic heterocycles. The van der Waals surface area contributed by atoms with Gasteiger partial charge in [-0.25, -0.2) is 0 Å². The van der Waals surface area contributed by atoms with Crippen LogP contribution in [0.5, 0.6) is 0 Å². The maximum atomic E-state index is 6.08. The van der Waals surface area contributed by atoms with Gasteiger partial charge >= 0.3 is 0 Å². The van der Waals surface area contributed by atoms with Crippen LogP contribution in [0.2, 0.25) is 0 Å². The second-order valence-corrected chi connectivity index (χ2v) is 10.7. The molecule has 2 aliphatic rings. The Labute approximate surface area is 148 Å². The molecular formula is C16H33ClNO2PS. The topological polar surface area (TPSA) is 21.7 Å². The number of unbranched alkanes of at least 4 members (excludes halogenated alkanes) is 2. The quantitative estimate of drug-likeness (QED) is 0.451. The first-order valence-corrected chi connectivity index (χ1v) is 11.8. The van der Waals surface area contributed by atoms with Gasteiger partial charge in [0.2, 0.25) is 0 Å². The van der Waals surface area contributed by atoms with Gasteiger partial charge in [-0.05, 0) is 62.9 Å². The van der Waals surface area contributed by atoms with Crippen molar-refractivity contribution in [1.82, 2.24) is 4.90 Å². The molecule has 1 unspecified atom stereocenters. The van der Waals surface area contributed by atoms with E-state index < -0.39 is 6.49 Å². The van der Waals surface area contributed by atoms with Crippen LogP contribution in [0.3, 0.4) is 0 Å². The Morgan fingerprint density at radius 3 is 2.64 bits per heavy atom. The number of hydrogen-bond acceptors (Lipinski definition) is 4. The highest BCUT2D eigenvalue weighted by Gasteiger charge is 2.33. The molecule has 3 nitrogen and oxygen atoms in total. The number of hydrogen-bond donors (Lipinski definition) is 0. The van der Waals surface area contributed by atoms with Crippen molar-refractivity contribution in [2.75, 3.05) is 33.0 Å². The molecule has 0 spiro atoms. The smallest absolute Gasteiger partial charge is 0.185 e. The van der Waals surface area contributed by atoms with Gasteiger partial charge in [0.05, 0.1) is 13.2 Å². The molecule has 2 aliphatic heterocycles. The molecule has 3 atom stereocenters. The molecule has 0 saturated carbocycles. The summed E-state index contributed by atoms with van der Waals surface area (Å²) in [4.78, 5) is 2.68. The van der Waals surface area contributed by atoms with Gasteiger partial charge in [-0.1, -0.05) is 26.2 Å². The third-order valence-corrected chi connectivity index (χ3v) is 6.73. The SMILES string of the molecule is CCCCCOP(C)(=S)OC[C@@H]1CCCN2CCCC[C@H]12.Cl. The summed E-state index contributed by atoms with van der Waals surface area (Å²) >= 11 is 5.56. The summed E-state index contributed by atoms with van der Waals surface area (Å²) in [6.45, 7) is 6.32. The van der Waals surface area contributed by atoms with Crippen molar-refractivity contribution in [3.05, 3.63) is 0 Å². The van der Waals surface area contributed by atoms with Crippen LogP contribution in [0.25, 0.3) is 0 Å². The zero-order valence-corrected chi connectivity index (χ0v) is 16.7. The Bertz CT molecular complexity index is 357. The lowest BCUT2D eigenvalue weighted by Gasteiger charge is -2.44. The van der Waals surface area contributed by atoms with Crippen LogP contribution in [-0.4, -0.2) is 43.9 Å². The van der Waals surface area contributed by atoms with E-state index in [1.54, 1.807) is 0 Å². The zero-order valence-electron chi connectivity index (χ0n) is 14.2. The Kier molecular flexibility index (Phi) is 10.1. The van der Waals surface area contributed by atoms with E-state index in [1.165, 1.54) is 58.0 Å². The zero-order chi connectivity index (χ0) is 15.1. The minimum atomic E-state index is -2.03. The van der Waals surface area contributed by atoms with Gasteiger partial charge in [0.15, 0.2) is 6.49 Å². The minimum absolute atomic E-state index is 0. The summed E-state index contributed by atoms with van der Waals surface area (Å²) < 4.78 is 11.9. The normalized spacial score (nSPS) is 28.5. The molecule has 0 bridgehead atoms. The van der Waals surface area contributed by atoms with Crippen LogP contribution in [-0.2, 0) is 20.9 Å². The lowest BCUT2D eigenvalue weighted by molar-refractivity contribution is 0.0358. The van der Waals surface area contributed by atoms with Gasteiger partial charge in [-0.15, -0.1) is 12.4 Å². The van der Waals surface area contributed by atoms with Crippen LogP contribution >= 0.6 is 18.9 Å². The molecule has 6 heteroatoms. The van der Waals surface area contributed by atoms with Crippen LogP contribution in [0.1, 0.15) is 58.3 Å². The third-order valence-electron chi connectivity index (χ3n) is 4.83. The van der Waals surface area contributed by atoms with E-state index in [0.717, 1.165) is 25.7 Å². The second kappa shape index (κ2) is 10.6. The summed E-state index contributed by atoms with van der Waals surface area (Å²) in [5, 5.41) is 0. The van der Waals surface area contributed by atoms with Crippen molar-refractivity contribution in [1.29, 1.82) is 0 Å². The Balaban J connectivity index is 0.00000242. The van der Waals surface area contributed by atoms with Gasteiger partial charge in [-0.3, -0.25) is 0 Å². The van der Waals surface area contributed by atoms with Crippen molar-refractivity contribution in [3.8, 4) is 0 Å². The van der Waals surface area contributed by atoms with Crippen LogP contribution in [0.4, 0.5) is 0 Å². The summed E-state index contributed by atoms with van der Waals surface area (Å²) in [7, 11) is 0. The fraction of sp³-hybridized carbons (Fsp3) is 1.00. The number of rotatable bonds is 8. The molecule has 2 heterocycles. The number of halogens is 1. The molecule has 132 valence electrons. The summed E-state index contributed by atoms with van der Waals surface area (Å²) in [5.74, 6) is 0.667. The van der Waals surface area contributed by atoms with Gasteiger partial charge in [0, 0.05) is 12.7 Å². The summed E-state index contributed by atoms with van der Waals surface area (Å²) in [6.07, 6.45) is 10.2. The van der Waals surface area contributed by atoms with Crippen molar-refractivity contribution >= 4 is 30.7 Å². The average molecular weight is 370 g/mol. The monoisotopic (exact) mass is 369 g/mol. The molecule has 0 radical (unpaired) electrons. The van der Waals surface area contributed by atoms with E-state index in [9.17, 15) is 0 Å². The van der Waals surface area contributed by atoms with E-state index in [2.05, 4.69) is 11.8 Å². The van der Waals surface area contributed by atoms with Gasteiger partial charge in [0.25, 0.3) is 0 Å². The lowest BCUT2D eigenvalue weighted by Crippen LogP contribution is -2.49. The summed E-state index contributed by atoms with van der Waals surface area (Å²) in [5.41, 5.74) is 0. The molecular weight excluding hydrogens is 337 g/mol. The van der Waals surface area contributed by atoms with Gasteiger partial charge in [0.1, 0.15) is 0 Å². The predicted molar refractivity (Wildman–Crippen MR) is 101 cm³/mol. The third kappa shape index (κ3) is 6.75. The van der Waals surface area contributed by atoms with Crippen LogP contribution in [0, 0.1) is 5.92 Å². The average Bonchev–Trinajstić information content (AvgIpc) is 2.50. The molecule has 2 saturated heterocycles. The number of fused-ring (bicyclic) bond motifs is 1. The van der Waals surface area contributed by atoms with E-state index >= 15 is 0 Å². The predicted octanol–water partition coefficient (Wildman–Crippen LogP) is 4.84. The lowest BCUT2D eigenvalue weighted by atomic mass is 9.84. The van der Waals surface area contributed by atoms with Crippen molar-refractivity contribution < 1.29 is 9.05 Å². The molecule has 0 aromatic carbocycles. The number of nitrogens with zero attached hydrogens (tertiary/aromatic N) is 1. The molecule has 0 N–H and O–H groups in total. The first kappa shape index (κ1) is 20.9. The second-order valence-electron chi connectivity index (χ2n) is 6.61. The minimum Gasteiger partial charge on any atom is -0.329 e. The Morgan fingerprint density at radius 1 is 1.09 bits per heavy atom. The molecule has 2 fully saturated rings. The Morgan fingerprint density at radius 2 is 1.86 bits per heavy atom. The van der Waals surface area contributed by atoms with Gasteiger partial charge < -0.3 is 13.9 Å². The first-order valence-electron chi connectivity index (χ1n) is 8.73. The van der Waals surface area contributed by atoms with E-state index in [0.29, 0.717) is 5.92 Å². The fourth-order valence-corrected chi connectivity index (χ4v) is 5.03. The highest BCUT2D eigenvalue weighted by molar-refractivity contribution is 8.09. The molecule has 0 amide bonds. The fourth-order valence-electron chi connectivity index (χ4n) is 3.62. The highest BCUT2D eigenvalue weighted by atomic mass is 35.5. The van der Waals surface area contributed by atoms with Crippen LogP contribution in [0.15, 0.2) is 0 Å². The summed E-state index contributed by atoms with van der Waals surface area (Å²) in [6, 6.07) is 0.739. The molecule has 0 aromatic rings. The maximum absolute atomic E-state index is 6.08. The molecule has 0 aliphatic carbocycles. The Hall–Kier alpha value is 0.820. The maximum Gasteiger partial charge on any atom is 0.185 e. The van der Waals surface area contributed by atoms with E-state index in [1.807, 2.05) is 6.66 Å². The van der Waals surface area contributed by atoms with Crippen molar-refractivity contribution in [2.45, 2.75) is 64.3 Å².